The largest absolute Gasteiger partial charge is 0.444 e. The van der Waals surface area contributed by atoms with Crippen LogP contribution in [0.4, 0.5) is 23.9 Å². The fraction of sp³-hybridized carbons (Fsp3) is 0.500. The smallest absolute Gasteiger partial charge is 0.419 e. The number of halogens is 3. The van der Waals surface area contributed by atoms with Crippen molar-refractivity contribution in [3.8, 4) is 0 Å². The fourth-order valence-corrected chi connectivity index (χ4v) is 1.80. The van der Waals surface area contributed by atoms with E-state index in [-0.39, 0.29) is 12.1 Å². The third-order valence-corrected chi connectivity index (χ3v) is 2.68. The average molecular weight is 276 g/mol. The molecule has 1 atom stereocenters. The predicted molar refractivity (Wildman–Crippen MR) is 58.3 cm³/mol. The lowest BCUT2D eigenvalue weighted by Gasteiger charge is -2.16. The lowest BCUT2D eigenvalue weighted by Crippen LogP contribution is -2.28. The van der Waals surface area contributed by atoms with E-state index in [1.54, 1.807) is 4.90 Å². The number of ether oxygens (including phenoxy) is 1. The van der Waals surface area contributed by atoms with Crippen molar-refractivity contribution in [1.29, 1.82) is 0 Å². The zero-order valence-corrected chi connectivity index (χ0v) is 9.72. The minimum absolute atomic E-state index is 0.170. The first-order chi connectivity index (χ1) is 8.86. The second-order valence-corrected chi connectivity index (χ2v) is 4.06. The minimum Gasteiger partial charge on any atom is -0.444 e. The summed E-state index contributed by atoms with van der Waals surface area (Å²) < 4.78 is 41.8. The van der Waals surface area contributed by atoms with Crippen LogP contribution in [0.25, 0.3) is 0 Å². The first-order valence-electron chi connectivity index (χ1n) is 5.46. The summed E-state index contributed by atoms with van der Waals surface area (Å²) in [6.45, 7) is 0.803. The van der Waals surface area contributed by atoms with E-state index in [4.69, 9.17) is 10.5 Å². The van der Waals surface area contributed by atoms with Crippen molar-refractivity contribution in [2.45, 2.75) is 18.7 Å². The van der Waals surface area contributed by atoms with Crippen molar-refractivity contribution in [3.63, 3.8) is 0 Å². The second kappa shape index (κ2) is 4.90. The molecule has 0 spiro atoms. The zero-order chi connectivity index (χ0) is 14.0. The molecule has 104 valence electrons. The van der Waals surface area contributed by atoms with E-state index in [1.165, 1.54) is 0 Å². The van der Waals surface area contributed by atoms with Gasteiger partial charge in [-0.1, -0.05) is 0 Å². The average Bonchev–Trinajstić information content (AvgIpc) is 2.75. The second-order valence-electron chi connectivity index (χ2n) is 4.06. The number of nitrogens with two attached hydrogens (primary N) is 1. The molecule has 2 rings (SSSR count). The van der Waals surface area contributed by atoms with E-state index in [2.05, 4.69) is 9.97 Å². The molecule has 0 aromatic carbocycles. The third kappa shape index (κ3) is 3.24. The van der Waals surface area contributed by atoms with Gasteiger partial charge in [-0.15, -0.1) is 0 Å². The van der Waals surface area contributed by atoms with E-state index in [1.807, 2.05) is 0 Å². The van der Waals surface area contributed by atoms with Crippen molar-refractivity contribution in [3.05, 3.63) is 18.0 Å². The molecule has 1 aromatic rings. The lowest BCUT2D eigenvalue weighted by atomic mass is 10.3. The van der Waals surface area contributed by atoms with Gasteiger partial charge in [0.05, 0.1) is 12.1 Å². The molecule has 0 aliphatic carbocycles. The van der Waals surface area contributed by atoms with Gasteiger partial charge in [-0.2, -0.15) is 13.2 Å². The SMILES string of the molecule is NC(=O)OC1CCN(c2ncc(C(F)(F)F)cn2)C1. The highest BCUT2D eigenvalue weighted by Gasteiger charge is 2.32. The van der Waals surface area contributed by atoms with Crippen LogP contribution in [0.2, 0.25) is 0 Å². The Hall–Kier alpha value is -2.06. The Balaban J connectivity index is 2.02. The van der Waals surface area contributed by atoms with Gasteiger partial charge in [0.2, 0.25) is 5.95 Å². The van der Waals surface area contributed by atoms with Crippen molar-refractivity contribution in [1.82, 2.24) is 9.97 Å². The van der Waals surface area contributed by atoms with Crippen LogP contribution < -0.4 is 10.6 Å². The highest BCUT2D eigenvalue weighted by molar-refractivity contribution is 5.65. The highest BCUT2D eigenvalue weighted by Crippen LogP contribution is 2.28. The molecule has 1 fully saturated rings. The van der Waals surface area contributed by atoms with E-state index in [0.717, 1.165) is 12.4 Å². The third-order valence-electron chi connectivity index (χ3n) is 2.68. The number of anilines is 1. The monoisotopic (exact) mass is 276 g/mol. The molecule has 1 aliphatic rings. The standard InChI is InChI=1S/C10H11F3N4O2/c11-10(12,13)6-3-15-9(16-4-6)17-2-1-7(5-17)19-8(14)18/h3-4,7H,1-2,5H2,(H2,14,18). The summed E-state index contributed by atoms with van der Waals surface area (Å²) in [6.07, 6.45) is -3.73. The van der Waals surface area contributed by atoms with Gasteiger partial charge in [0, 0.05) is 25.4 Å². The Morgan fingerprint density at radius 1 is 1.42 bits per heavy atom. The molecule has 0 radical (unpaired) electrons. The molecule has 2 N–H and O–H groups in total. The van der Waals surface area contributed by atoms with Crippen LogP contribution in [0.15, 0.2) is 12.4 Å². The van der Waals surface area contributed by atoms with Crippen LogP contribution in [0, 0.1) is 0 Å². The Morgan fingerprint density at radius 2 is 2.05 bits per heavy atom. The van der Waals surface area contributed by atoms with Gasteiger partial charge in [-0.3, -0.25) is 0 Å². The lowest BCUT2D eigenvalue weighted by molar-refractivity contribution is -0.138. The molecule has 6 nitrogen and oxygen atoms in total. The Bertz CT molecular complexity index is 463. The maximum absolute atomic E-state index is 12.3. The van der Waals surface area contributed by atoms with Crippen LogP contribution in [-0.2, 0) is 10.9 Å². The minimum atomic E-state index is -4.46. The van der Waals surface area contributed by atoms with Crippen LogP contribution in [0.5, 0.6) is 0 Å². The summed E-state index contributed by atoms with van der Waals surface area (Å²) in [7, 11) is 0. The molecule has 1 amide bonds. The first-order valence-corrected chi connectivity index (χ1v) is 5.46. The number of carbonyl (C=O) groups excluding carboxylic acids is 1. The maximum atomic E-state index is 12.3. The maximum Gasteiger partial charge on any atom is 0.419 e. The van der Waals surface area contributed by atoms with Gasteiger partial charge in [-0.25, -0.2) is 14.8 Å². The van der Waals surface area contributed by atoms with Gasteiger partial charge in [0.15, 0.2) is 0 Å². The van der Waals surface area contributed by atoms with E-state index in [0.29, 0.717) is 19.5 Å². The van der Waals surface area contributed by atoms with Gasteiger partial charge in [0.1, 0.15) is 6.10 Å². The fourth-order valence-electron chi connectivity index (χ4n) is 1.80. The summed E-state index contributed by atoms with van der Waals surface area (Å²) in [5.74, 6) is 0.170. The summed E-state index contributed by atoms with van der Waals surface area (Å²) in [5, 5.41) is 0. The molecular formula is C10H11F3N4O2. The number of hydrogen-bond acceptors (Lipinski definition) is 5. The number of rotatable bonds is 2. The number of primary amides is 1. The molecule has 0 saturated carbocycles. The Morgan fingerprint density at radius 3 is 2.58 bits per heavy atom. The van der Waals surface area contributed by atoms with E-state index >= 15 is 0 Å². The van der Waals surface area contributed by atoms with Crippen molar-refractivity contribution < 1.29 is 22.7 Å². The number of carbonyl (C=O) groups is 1. The van der Waals surface area contributed by atoms with Gasteiger partial charge in [-0.05, 0) is 0 Å². The van der Waals surface area contributed by atoms with Crippen LogP contribution in [0.3, 0.4) is 0 Å². The summed E-state index contributed by atoms with van der Waals surface area (Å²) in [4.78, 5) is 19.5. The molecule has 1 aliphatic heterocycles. The topological polar surface area (TPSA) is 81.3 Å². The van der Waals surface area contributed by atoms with Gasteiger partial charge in [0.25, 0.3) is 0 Å². The van der Waals surface area contributed by atoms with Crippen molar-refractivity contribution in [2.24, 2.45) is 5.73 Å². The quantitative estimate of drug-likeness (QED) is 0.876. The van der Waals surface area contributed by atoms with E-state index < -0.39 is 17.8 Å². The molecule has 2 heterocycles. The molecule has 1 saturated heterocycles. The molecular weight excluding hydrogens is 265 g/mol. The molecule has 1 unspecified atom stereocenters. The van der Waals surface area contributed by atoms with Crippen LogP contribution in [0.1, 0.15) is 12.0 Å². The highest BCUT2D eigenvalue weighted by atomic mass is 19.4. The number of nitrogens with zero attached hydrogens (tertiary/aromatic N) is 3. The van der Waals surface area contributed by atoms with Gasteiger partial charge < -0.3 is 15.4 Å². The van der Waals surface area contributed by atoms with E-state index in [9.17, 15) is 18.0 Å². The molecule has 0 bridgehead atoms. The van der Waals surface area contributed by atoms with Crippen molar-refractivity contribution >= 4 is 12.0 Å². The summed E-state index contributed by atoms with van der Waals surface area (Å²) in [5.41, 5.74) is 3.99. The number of hydrogen-bond donors (Lipinski definition) is 1. The number of amides is 1. The first kappa shape index (κ1) is 13.4. The Kier molecular flexibility index (Phi) is 3.45. The van der Waals surface area contributed by atoms with Crippen molar-refractivity contribution in [2.75, 3.05) is 18.0 Å². The zero-order valence-electron chi connectivity index (χ0n) is 9.72. The number of alkyl halides is 3. The van der Waals surface area contributed by atoms with Crippen LogP contribution in [-0.4, -0.2) is 35.3 Å². The predicted octanol–water partition coefficient (Wildman–Crippen LogP) is 1.17. The number of aromatic nitrogens is 2. The molecule has 19 heavy (non-hydrogen) atoms. The molecule has 9 heteroatoms. The summed E-state index contributed by atoms with van der Waals surface area (Å²) >= 11 is 0. The normalized spacial score (nSPS) is 19.5. The Labute approximate surface area is 106 Å². The summed E-state index contributed by atoms with van der Waals surface area (Å²) in [6, 6.07) is 0. The molecule has 1 aromatic heterocycles. The van der Waals surface area contributed by atoms with Crippen LogP contribution >= 0.6 is 0 Å². The van der Waals surface area contributed by atoms with Gasteiger partial charge >= 0.3 is 12.3 Å².